The van der Waals surface area contributed by atoms with E-state index in [0.717, 1.165) is 12.1 Å². The minimum absolute atomic E-state index is 0.292. The number of primary amides is 1. The maximum absolute atomic E-state index is 12.1. The van der Waals surface area contributed by atoms with E-state index in [1.807, 2.05) is 0 Å². The fraction of sp³-hybridized carbons (Fsp3) is 0.0667. The lowest BCUT2D eigenvalue weighted by Crippen LogP contribution is -2.19. The summed E-state index contributed by atoms with van der Waals surface area (Å²) >= 11 is 0. The molecule has 0 aliphatic carbocycles. The second kappa shape index (κ2) is 6.90. The highest BCUT2D eigenvalue weighted by Gasteiger charge is 2.30. The van der Waals surface area contributed by atoms with Crippen molar-refractivity contribution in [3.63, 3.8) is 0 Å². The van der Waals surface area contributed by atoms with E-state index in [2.05, 4.69) is 15.4 Å². The summed E-state index contributed by atoms with van der Waals surface area (Å²) < 4.78 is 39.9. The predicted octanol–water partition coefficient (Wildman–Crippen LogP) is 3.33. The maximum atomic E-state index is 12.1. The maximum Gasteiger partial charge on any atom is 0.573 e. The van der Waals surface area contributed by atoms with Crippen LogP contribution in [0.15, 0.2) is 48.5 Å². The number of carbonyl (C=O) groups excluding carboxylic acids is 2. The standard InChI is InChI=1S/C15H12F3N3O3/c16-15(17,18)24-12-7-5-10(6-8-12)20-13(22)9-1-3-11(4-2-9)21-14(19)23/h1-8H,(H,20,22)(H3,19,21,23). The minimum atomic E-state index is -4.77. The second-order valence-corrected chi connectivity index (χ2v) is 4.59. The number of rotatable bonds is 4. The van der Waals surface area contributed by atoms with Crippen LogP contribution >= 0.6 is 0 Å². The van der Waals surface area contributed by atoms with Gasteiger partial charge in [0, 0.05) is 16.9 Å². The van der Waals surface area contributed by atoms with Crippen molar-refractivity contribution in [3.05, 3.63) is 54.1 Å². The molecule has 0 saturated carbocycles. The monoisotopic (exact) mass is 339 g/mol. The van der Waals surface area contributed by atoms with Crippen molar-refractivity contribution in [2.45, 2.75) is 6.36 Å². The summed E-state index contributed by atoms with van der Waals surface area (Å²) in [6.45, 7) is 0. The molecule has 0 atom stereocenters. The summed E-state index contributed by atoms with van der Waals surface area (Å²) in [5, 5.41) is 4.87. The molecule has 126 valence electrons. The number of nitrogens with two attached hydrogens (primary N) is 1. The molecule has 0 bridgehead atoms. The first kappa shape index (κ1) is 17.1. The molecule has 0 spiro atoms. The quantitative estimate of drug-likeness (QED) is 0.797. The second-order valence-electron chi connectivity index (χ2n) is 4.59. The average Bonchev–Trinajstić information content (AvgIpc) is 2.48. The van der Waals surface area contributed by atoms with Crippen molar-refractivity contribution < 1.29 is 27.5 Å². The van der Waals surface area contributed by atoms with Crippen LogP contribution in [0.2, 0.25) is 0 Å². The van der Waals surface area contributed by atoms with Gasteiger partial charge in [0.15, 0.2) is 0 Å². The van der Waals surface area contributed by atoms with Gasteiger partial charge in [0.1, 0.15) is 5.75 Å². The Bertz CT molecular complexity index is 728. The van der Waals surface area contributed by atoms with E-state index in [-0.39, 0.29) is 5.75 Å². The number of amides is 3. The number of halogens is 3. The molecule has 4 N–H and O–H groups in total. The number of nitrogens with one attached hydrogen (secondary N) is 2. The van der Waals surface area contributed by atoms with E-state index in [9.17, 15) is 22.8 Å². The Balaban J connectivity index is 2.00. The fourth-order valence-electron chi connectivity index (χ4n) is 1.79. The van der Waals surface area contributed by atoms with Gasteiger partial charge in [0.2, 0.25) is 0 Å². The molecule has 2 aromatic carbocycles. The number of carbonyl (C=O) groups is 2. The largest absolute Gasteiger partial charge is 0.573 e. The molecule has 0 unspecified atom stereocenters. The Labute approximate surface area is 134 Å². The summed E-state index contributed by atoms with van der Waals surface area (Å²) in [6, 6.07) is 9.90. The van der Waals surface area contributed by atoms with Crippen molar-refractivity contribution in [3.8, 4) is 5.75 Å². The smallest absolute Gasteiger partial charge is 0.406 e. The highest BCUT2D eigenvalue weighted by molar-refractivity contribution is 6.04. The van der Waals surface area contributed by atoms with Crippen molar-refractivity contribution >= 4 is 23.3 Å². The number of urea groups is 1. The van der Waals surface area contributed by atoms with Gasteiger partial charge in [0.05, 0.1) is 0 Å². The Hall–Kier alpha value is -3.23. The zero-order chi connectivity index (χ0) is 17.7. The first-order chi connectivity index (χ1) is 11.2. The van der Waals surface area contributed by atoms with Crippen molar-refractivity contribution in [1.29, 1.82) is 0 Å². The number of hydrogen-bond donors (Lipinski definition) is 3. The van der Waals surface area contributed by atoms with Crippen LogP contribution in [0.1, 0.15) is 10.4 Å². The number of ether oxygens (including phenoxy) is 1. The molecule has 9 heteroatoms. The number of alkyl halides is 3. The Morgan fingerprint density at radius 1 is 0.875 bits per heavy atom. The molecule has 24 heavy (non-hydrogen) atoms. The molecule has 0 radical (unpaired) electrons. The summed E-state index contributed by atoms with van der Waals surface area (Å²) in [4.78, 5) is 22.7. The lowest BCUT2D eigenvalue weighted by Gasteiger charge is -2.10. The van der Waals surface area contributed by atoms with Gasteiger partial charge in [0.25, 0.3) is 5.91 Å². The van der Waals surface area contributed by atoms with Crippen LogP contribution < -0.4 is 21.1 Å². The highest BCUT2D eigenvalue weighted by atomic mass is 19.4. The Morgan fingerprint density at radius 3 is 1.88 bits per heavy atom. The van der Waals surface area contributed by atoms with Crippen LogP contribution in [-0.4, -0.2) is 18.3 Å². The molecule has 0 aliphatic rings. The molecular formula is C15H12F3N3O3. The molecule has 0 aromatic heterocycles. The Morgan fingerprint density at radius 2 is 1.38 bits per heavy atom. The third kappa shape index (κ3) is 5.20. The van der Waals surface area contributed by atoms with Crippen molar-refractivity contribution in [1.82, 2.24) is 0 Å². The van der Waals surface area contributed by atoms with Gasteiger partial charge in [-0.15, -0.1) is 13.2 Å². The summed E-state index contributed by atoms with van der Waals surface area (Å²) in [5.41, 5.74) is 5.98. The normalized spacial score (nSPS) is 10.8. The molecular weight excluding hydrogens is 327 g/mol. The summed E-state index contributed by atoms with van der Waals surface area (Å²) in [7, 11) is 0. The highest BCUT2D eigenvalue weighted by Crippen LogP contribution is 2.24. The lowest BCUT2D eigenvalue weighted by atomic mass is 10.2. The van der Waals surface area contributed by atoms with E-state index in [4.69, 9.17) is 5.73 Å². The summed E-state index contributed by atoms with van der Waals surface area (Å²) in [5.74, 6) is -0.854. The van der Waals surface area contributed by atoms with Crippen molar-refractivity contribution in [2.24, 2.45) is 5.73 Å². The molecule has 0 fully saturated rings. The van der Waals surface area contributed by atoms with E-state index < -0.39 is 18.3 Å². The molecule has 0 heterocycles. The van der Waals surface area contributed by atoms with Crippen LogP contribution in [0.5, 0.6) is 5.75 Å². The van der Waals surface area contributed by atoms with Crippen LogP contribution in [0.4, 0.5) is 29.3 Å². The number of anilines is 2. The third-order valence-corrected chi connectivity index (χ3v) is 2.76. The number of benzene rings is 2. The minimum Gasteiger partial charge on any atom is -0.406 e. The molecule has 2 rings (SSSR count). The molecule has 6 nitrogen and oxygen atoms in total. The third-order valence-electron chi connectivity index (χ3n) is 2.76. The van der Waals surface area contributed by atoms with Gasteiger partial charge in [-0.1, -0.05) is 0 Å². The fourth-order valence-corrected chi connectivity index (χ4v) is 1.79. The topological polar surface area (TPSA) is 93.5 Å². The molecule has 0 aliphatic heterocycles. The molecule has 2 aromatic rings. The summed E-state index contributed by atoms with van der Waals surface area (Å²) in [6.07, 6.45) is -4.77. The molecule has 3 amide bonds. The lowest BCUT2D eigenvalue weighted by molar-refractivity contribution is -0.274. The van der Waals surface area contributed by atoms with Crippen LogP contribution in [0.25, 0.3) is 0 Å². The van der Waals surface area contributed by atoms with Gasteiger partial charge in [-0.25, -0.2) is 4.79 Å². The van der Waals surface area contributed by atoms with Crippen LogP contribution in [-0.2, 0) is 0 Å². The number of hydrogen-bond acceptors (Lipinski definition) is 3. The first-order valence-electron chi connectivity index (χ1n) is 6.56. The van der Waals surface area contributed by atoms with Crippen LogP contribution in [0, 0.1) is 0 Å². The molecule has 0 saturated heterocycles. The van der Waals surface area contributed by atoms with Gasteiger partial charge in [-0.05, 0) is 48.5 Å². The van der Waals surface area contributed by atoms with Gasteiger partial charge >= 0.3 is 12.4 Å². The van der Waals surface area contributed by atoms with E-state index in [1.54, 1.807) is 0 Å². The van der Waals surface area contributed by atoms with Crippen molar-refractivity contribution in [2.75, 3.05) is 10.6 Å². The SMILES string of the molecule is NC(=O)Nc1ccc(C(=O)Nc2ccc(OC(F)(F)F)cc2)cc1. The van der Waals surface area contributed by atoms with Gasteiger partial charge in [-0.2, -0.15) is 0 Å². The predicted molar refractivity (Wildman–Crippen MR) is 80.7 cm³/mol. The zero-order valence-corrected chi connectivity index (χ0v) is 12.1. The van der Waals surface area contributed by atoms with Gasteiger partial charge < -0.3 is 21.1 Å². The van der Waals surface area contributed by atoms with Gasteiger partial charge in [-0.3, -0.25) is 4.79 Å². The van der Waals surface area contributed by atoms with E-state index in [0.29, 0.717) is 16.9 Å². The first-order valence-corrected chi connectivity index (χ1v) is 6.56. The van der Waals surface area contributed by atoms with Crippen LogP contribution in [0.3, 0.4) is 0 Å². The zero-order valence-electron chi connectivity index (χ0n) is 12.1. The average molecular weight is 339 g/mol. The Kier molecular flexibility index (Phi) is 4.93. The van der Waals surface area contributed by atoms with E-state index in [1.165, 1.54) is 36.4 Å². The van der Waals surface area contributed by atoms with E-state index >= 15 is 0 Å².